The lowest BCUT2D eigenvalue weighted by Gasteiger charge is -2.25. The van der Waals surface area contributed by atoms with Crippen molar-refractivity contribution in [2.45, 2.75) is 76.4 Å². The topological polar surface area (TPSA) is 75.6 Å². The van der Waals surface area contributed by atoms with Crippen molar-refractivity contribution in [3.8, 4) is 0 Å². The first-order valence-electron chi connectivity index (χ1n) is 8.30. The predicted octanol–water partition coefficient (Wildman–Crippen LogP) is 2.49. The van der Waals surface area contributed by atoms with Crippen LogP contribution in [-0.4, -0.2) is 35.7 Å². The van der Waals surface area contributed by atoms with Crippen LogP contribution in [0, 0.1) is 5.92 Å². The Morgan fingerprint density at radius 3 is 2.52 bits per heavy atom. The van der Waals surface area contributed by atoms with Crippen molar-refractivity contribution in [3.05, 3.63) is 0 Å². The van der Waals surface area contributed by atoms with Gasteiger partial charge in [-0.1, -0.05) is 19.3 Å². The minimum atomic E-state index is -0.780. The molecule has 1 aliphatic heterocycles. The highest BCUT2D eigenvalue weighted by Gasteiger charge is 2.30. The number of carbonyl (C=O) groups excluding carboxylic acids is 1. The Morgan fingerprint density at radius 2 is 1.81 bits per heavy atom. The van der Waals surface area contributed by atoms with Crippen molar-refractivity contribution in [2.24, 2.45) is 5.92 Å². The lowest BCUT2D eigenvalue weighted by molar-refractivity contribution is -0.143. The molecule has 2 aliphatic rings. The van der Waals surface area contributed by atoms with E-state index in [1.165, 1.54) is 6.42 Å². The van der Waals surface area contributed by atoms with E-state index in [4.69, 9.17) is 4.74 Å². The average molecular weight is 297 g/mol. The molecule has 120 valence electrons. The standard InChI is InChI=1S/C16H27NO4/c18-15(10-9-12-6-4-5-11-21-12)17-14-8-3-1-2-7-13(14)16(19)20/h12-14H,1-11H2,(H,17,18)(H,19,20). The van der Waals surface area contributed by atoms with E-state index >= 15 is 0 Å². The Bertz CT molecular complexity index is 352. The van der Waals surface area contributed by atoms with Gasteiger partial charge >= 0.3 is 5.97 Å². The van der Waals surface area contributed by atoms with Gasteiger partial charge in [-0.15, -0.1) is 0 Å². The fourth-order valence-electron chi connectivity index (χ4n) is 3.38. The molecule has 3 atom stereocenters. The van der Waals surface area contributed by atoms with Gasteiger partial charge in [0, 0.05) is 19.1 Å². The highest BCUT2D eigenvalue weighted by molar-refractivity contribution is 5.78. The van der Waals surface area contributed by atoms with E-state index < -0.39 is 11.9 Å². The lowest BCUT2D eigenvalue weighted by atomic mass is 9.94. The fraction of sp³-hybridized carbons (Fsp3) is 0.875. The first kappa shape index (κ1) is 16.3. The minimum absolute atomic E-state index is 0.0256. The molecule has 3 unspecified atom stereocenters. The van der Waals surface area contributed by atoms with Gasteiger partial charge in [-0.3, -0.25) is 9.59 Å². The third-order valence-corrected chi connectivity index (χ3v) is 4.65. The number of hydrogen-bond donors (Lipinski definition) is 2. The normalized spacial score (nSPS) is 30.4. The van der Waals surface area contributed by atoms with E-state index in [1.807, 2.05) is 0 Å². The second kappa shape index (κ2) is 8.37. The molecule has 21 heavy (non-hydrogen) atoms. The summed E-state index contributed by atoms with van der Waals surface area (Å²) in [6.07, 6.45) is 9.17. The summed E-state index contributed by atoms with van der Waals surface area (Å²) in [5, 5.41) is 12.3. The molecule has 2 rings (SSSR count). The second-order valence-electron chi connectivity index (χ2n) is 6.28. The van der Waals surface area contributed by atoms with Crippen LogP contribution in [0.1, 0.15) is 64.2 Å². The molecular weight excluding hydrogens is 270 g/mol. The predicted molar refractivity (Wildman–Crippen MR) is 79.0 cm³/mol. The maximum atomic E-state index is 12.1. The Morgan fingerprint density at radius 1 is 1.05 bits per heavy atom. The maximum absolute atomic E-state index is 12.1. The number of amides is 1. The van der Waals surface area contributed by atoms with Crippen molar-refractivity contribution < 1.29 is 19.4 Å². The SMILES string of the molecule is O=C(CCC1CCCCO1)NC1CCCCCC1C(=O)O. The minimum Gasteiger partial charge on any atom is -0.481 e. The first-order valence-corrected chi connectivity index (χ1v) is 8.30. The molecule has 1 heterocycles. The van der Waals surface area contributed by atoms with E-state index in [9.17, 15) is 14.7 Å². The van der Waals surface area contributed by atoms with Crippen LogP contribution < -0.4 is 5.32 Å². The number of nitrogens with one attached hydrogen (secondary N) is 1. The zero-order valence-electron chi connectivity index (χ0n) is 12.7. The van der Waals surface area contributed by atoms with Gasteiger partial charge in [-0.2, -0.15) is 0 Å². The van der Waals surface area contributed by atoms with E-state index in [0.29, 0.717) is 12.8 Å². The molecule has 2 fully saturated rings. The summed E-state index contributed by atoms with van der Waals surface area (Å²) in [5.74, 6) is -1.23. The quantitative estimate of drug-likeness (QED) is 0.764. The molecule has 1 saturated carbocycles. The molecule has 0 radical (unpaired) electrons. The van der Waals surface area contributed by atoms with Crippen LogP contribution in [0.2, 0.25) is 0 Å². The maximum Gasteiger partial charge on any atom is 0.308 e. The molecule has 0 spiro atoms. The summed E-state index contributed by atoms with van der Waals surface area (Å²) in [4.78, 5) is 23.4. The van der Waals surface area contributed by atoms with Crippen LogP contribution in [0.25, 0.3) is 0 Å². The summed E-state index contributed by atoms with van der Waals surface area (Å²) in [6.45, 7) is 0.802. The highest BCUT2D eigenvalue weighted by atomic mass is 16.5. The van der Waals surface area contributed by atoms with Gasteiger partial charge in [0.2, 0.25) is 5.91 Å². The summed E-state index contributed by atoms with van der Waals surface area (Å²) >= 11 is 0. The van der Waals surface area contributed by atoms with E-state index in [2.05, 4.69) is 5.32 Å². The Balaban J connectivity index is 1.77. The molecule has 2 N–H and O–H groups in total. The van der Waals surface area contributed by atoms with E-state index in [-0.39, 0.29) is 18.1 Å². The first-order chi connectivity index (χ1) is 10.2. The third kappa shape index (κ3) is 5.30. The van der Waals surface area contributed by atoms with Crippen LogP contribution in [0.15, 0.2) is 0 Å². The van der Waals surface area contributed by atoms with Gasteiger partial charge in [0.05, 0.1) is 12.0 Å². The van der Waals surface area contributed by atoms with Crippen LogP contribution in [0.3, 0.4) is 0 Å². The van der Waals surface area contributed by atoms with Crippen molar-refractivity contribution in [3.63, 3.8) is 0 Å². The van der Waals surface area contributed by atoms with Crippen LogP contribution in [-0.2, 0) is 14.3 Å². The number of ether oxygens (including phenoxy) is 1. The summed E-state index contributed by atoms with van der Waals surface area (Å²) in [5.41, 5.74) is 0. The molecule has 1 aliphatic carbocycles. The molecule has 1 saturated heterocycles. The number of aliphatic carboxylic acids is 1. The molecule has 0 aromatic carbocycles. The smallest absolute Gasteiger partial charge is 0.308 e. The monoisotopic (exact) mass is 297 g/mol. The Labute approximate surface area is 126 Å². The molecule has 5 nitrogen and oxygen atoms in total. The highest BCUT2D eigenvalue weighted by Crippen LogP contribution is 2.24. The molecule has 0 aromatic heterocycles. The van der Waals surface area contributed by atoms with Crippen molar-refractivity contribution >= 4 is 11.9 Å². The molecule has 0 bridgehead atoms. The van der Waals surface area contributed by atoms with Crippen molar-refractivity contribution in [2.75, 3.05) is 6.61 Å². The second-order valence-corrected chi connectivity index (χ2v) is 6.28. The molecule has 0 aromatic rings. The number of carboxylic acids is 1. The van der Waals surface area contributed by atoms with E-state index in [0.717, 1.165) is 51.6 Å². The molecule has 1 amide bonds. The fourth-order valence-corrected chi connectivity index (χ4v) is 3.38. The van der Waals surface area contributed by atoms with Crippen molar-refractivity contribution in [1.82, 2.24) is 5.32 Å². The largest absolute Gasteiger partial charge is 0.481 e. The molecule has 5 heteroatoms. The van der Waals surface area contributed by atoms with Crippen LogP contribution >= 0.6 is 0 Å². The van der Waals surface area contributed by atoms with Gasteiger partial charge in [-0.05, 0) is 38.5 Å². The van der Waals surface area contributed by atoms with Gasteiger partial charge in [0.1, 0.15) is 0 Å². The van der Waals surface area contributed by atoms with Gasteiger partial charge < -0.3 is 15.2 Å². The zero-order chi connectivity index (χ0) is 15.1. The summed E-state index contributed by atoms with van der Waals surface area (Å²) in [6, 6.07) is -0.204. The number of carbonyl (C=O) groups is 2. The lowest BCUT2D eigenvalue weighted by Crippen LogP contribution is -2.43. The van der Waals surface area contributed by atoms with Crippen molar-refractivity contribution in [1.29, 1.82) is 0 Å². The van der Waals surface area contributed by atoms with Gasteiger partial charge in [0.25, 0.3) is 0 Å². The number of hydrogen-bond acceptors (Lipinski definition) is 3. The average Bonchev–Trinajstić information content (AvgIpc) is 2.72. The zero-order valence-corrected chi connectivity index (χ0v) is 12.7. The van der Waals surface area contributed by atoms with Gasteiger partial charge in [0.15, 0.2) is 0 Å². The number of carboxylic acid groups (broad SMARTS) is 1. The third-order valence-electron chi connectivity index (χ3n) is 4.65. The Kier molecular flexibility index (Phi) is 6.49. The van der Waals surface area contributed by atoms with Crippen LogP contribution in [0.5, 0.6) is 0 Å². The van der Waals surface area contributed by atoms with E-state index in [1.54, 1.807) is 0 Å². The number of rotatable bonds is 5. The summed E-state index contributed by atoms with van der Waals surface area (Å²) < 4.78 is 5.62. The Hall–Kier alpha value is -1.10. The summed E-state index contributed by atoms with van der Waals surface area (Å²) in [7, 11) is 0. The van der Waals surface area contributed by atoms with Crippen LogP contribution in [0.4, 0.5) is 0 Å². The van der Waals surface area contributed by atoms with Gasteiger partial charge in [-0.25, -0.2) is 0 Å². The molecular formula is C16H27NO4.